The van der Waals surface area contributed by atoms with Gasteiger partial charge in [-0.15, -0.1) is 0 Å². The molecular formula is C10H16N2O2. The summed E-state index contributed by atoms with van der Waals surface area (Å²) in [6.07, 6.45) is 5.39. The molecule has 1 rings (SSSR count). The number of nitrogens with two attached hydrogens (primary N) is 1. The van der Waals surface area contributed by atoms with Gasteiger partial charge >= 0.3 is 0 Å². The van der Waals surface area contributed by atoms with Gasteiger partial charge in [-0.05, 0) is 18.6 Å². The van der Waals surface area contributed by atoms with Crippen LogP contribution in [0.15, 0.2) is 23.6 Å². The van der Waals surface area contributed by atoms with E-state index in [0.717, 1.165) is 24.3 Å². The van der Waals surface area contributed by atoms with E-state index in [0.29, 0.717) is 13.2 Å². The van der Waals surface area contributed by atoms with Crippen molar-refractivity contribution in [2.75, 3.05) is 13.2 Å². The Labute approximate surface area is 83.8 Å². The number of nitrogens with one attached hydrogen (secondary N) is 1. The van der Waals surface area contributed by atoms with Crippen molar-refractivity contribution in [1.82, 2.24) is 5.32 Å². The summed E-state index contributed by atoms with van der Waals surface area (Å²) in [6, 6.07) is 0. The second-order valence-corrected chi connectivity index (χ2v) is 3.14. The van der Waals surface area contributed by atoms with Gasteiger partial charge in [0.25, 0.3) is 0 Å². The summed E-state index contributed by atoms with van der Waals surface area (Å²) in [5, 5.41) is 2.76. The fraction of sp³-hybridized carbons (Fsp3) is 0.500. The van der Waals surface area contributed by atoms with E-state index < -0.39 is 0 Å². The molecule has 4 heteroatoms. The maximum atomic E-state index is 10.7. The average molecular weight is 196 g/mol. The molecule has 0 saturated heterocycles. The Hall–Kier alpha value is -1.29. The molecule has 0 atom stereocenters. The SMILES string of the molecule is CC(=O)NC1=CC=C(OCCN)CC1. The lowest BCUT2D eigenvalue weighted by Crippen LogP contribution is -2.20. The van der Waals surface area contributed by atoms with Gasteiger partial charge in [0.1, 0.15) is 0 Å². The normalized spacial score (nSPS) is 15.6. The van der Waals surface area contributed by atoms with Gasteiger partial charge in [-0.25, -0.2) is 0 Å². The molecule has 14 heavy (non-hydrogen) atoms. The first-order chi connectivity index (χ1) is 6.72. The lowest BCUT2D eigenvalue weighted by atomic mass is 10.1. The Morgan fingerprint density at radius 3 is 2.86 bits per heavy atom. The van der Waals surface area contributed by atoms with Crippen LogP contribution in [0, 0.1) is 0 Å². The molecule has 0 radical (unpaired) electrons. The first-order valence-corrected chi connectivity index (χ1v) is 4.72. The van der Waals surface area contributed by atoms with E-state index in [-0.39, 0.29) is 5.91 Å². The number of allylic oxidation sites excluding steroid dienone is 4. The highest BCUT2D eigenvalue weighted by Crippen LogP contribution is 2.17. The minimum Gasteiger partial charge on any atom is -0.497 e. The van der Waals surface area contributed by atoms with E-state index in [1.54, 1.807) is 0 Å². The third kappa shape index (κ3) is 3.62. The highest BCUT2D eigenvalue weighted by Gasteiger charge is 2.07. The highest BCUT2D eigenvalue weighted by molar-refractivity contribution is 5.75. The summed E-state index contributed by atoms with van der Waals surface area (Å²) in [7, 11) is 0. The maximum absolute atomic E-state index is 10.7. The molecule has 0 fully saturated rings. The molecule has 3 N–H and O–H groups in total. The Balaban J connectivity index is 2.42. The van der Waals surface area contributed by atoms with Gasteiger partial charge in [0, 0.05) is 25.6 Å². The van der Waals surface area contributed by atoms with Crippen molar-refractivity contribution in [2.45, 2.75) is 19.8 Å². The Morgan fingerprint density at radius 2 is 2.36 bits per heavy atom. The number of amides is 1. The van der Waals surface area contributed by atoms with Crippen molar-refractivity contribution in [2.24, 2.45) is 5.73 Å². The summed E-state index contributed by atoms with van der Waals surface area (Å²) < 4.78 is 5.36. The van der Waals surface area contributed by atoms with E-state index in [1.165, 1.54) is 6.92 Å². The molecule has 0 aromatic heterocycles. The van der Waals surface area contributed by atoms with E-state index in [2.05, 4.69) is 5.32 Å². The van der Waals surface area contributed by atoms with Crippen molar-refractivity contribution in [3.05, 3.63) is 23.6 Å². The second kappa shape index (κ2) is 5.44. The first-order valence-electron chi connectivity index (χ1n) is 4.72. The molecule has 0 saturated carbocycles. The number of carbonyl (C=O) groups excluding carboxylic acids is 1. The Kier molecular flexibility index (Phi) is 4.19. The molecule has 0 spiro atoms. The van der Waals surface area contributed by atoms with Crippen LogP contribution in [-0.4, -0.2) is 19.1 Å². The molecule has 0 heterocycles. The zero-order chi connectivity index (χ0) is 10.4. The van der Waals surface area contributed by atoms with Crippen LogP contribution in [0.5, 0.6) is 0 Å². The topological polar surface area (TPSA) is 64.3 Å². The van der Waals surface area contributed by atoms with Crippen LogP contribution in [0.4, 0.5) is 0 Å². The molecule has 0 aromatic carbocycles. The van der Waals surface area contributed by atoms with E-state index >= 15 is 0 Å². The van der Waals surface area contributed by atoms with Crippen molar-refractivity contribution in [1.29, 1.82) is 0 Å². The van der Waals surface area contributed by atoms with Crippen molar-refractivity contribution >= 4 is 5.91 Å². The van der Waals surface area contributed by atoms with E-state index in [9.17, 15) is 4.79 Å². The third-order valence-electron chi connectivity index (χ3n) is 1.85. The summed E-state index contributed by atoms with van der Waals surface area (Å²) in [5.41, 5.74) is 6.26. The average Bonchev–Trinajstić information content (AvgIpc) is 2.16. The maximum Gasteiger partial charge on any atom is 0.220 e. The van der Waals surface area contributed by atoms with Crippen molar-refractivity contribution in [3.8, 4) is 0 Å². The van der Waals surface area contributed by atoms with Gasteiger partial charge in [0.15, 0.2) is 0 Å². The smallest absolute Gasteiger partial charge is 0.220 e. The minimum absolute atomic E-state index is 0.0315. The molecule has 1 amide bonds. The summed E-state index contributed by atoms with van der Waals surface area (Å²) in [6.45, 7) is 2.58. The molecule has 0 unspecified atom stereocenters. The second-order valence-electron chi connectivity index (χ2n) is 3.14. The van der Waals surface area contributed by atoms with Gasteiger partial charge in [0.05, 0.1) is 12.4 Å². The molecule has 0 aliphatic heterocycles. The van der Waals surface area contributed by atoms with E-state index in [4.69, 9.17) is 10.5 Å². The largest absolute Gasteiger partial charge is 0.497 e. The zero-order valence-electron chi connectivity index (χ0n) is 8.38. The van der Waals surface area contributed by atoms with Crippen LogP contribution in [0.3, 0.4) is 0 Å². The molecule has 1 aliphatic carbocycles. The van der Waals surface area contributed by atoms with Crippen molar-refractivity contribution in [3.63, 3.8) is 0 Å². The van der Waals surface area contributed by atoms with Gasteiger partial charge < -0.3 is 15.8 Å². The first kappa shape index (κ1) is 10.8. The predicted octanol–water partition coefficient (Wildman–Crippen LogP) is 0.659. The monoisotopic (exact) mass is 196 g/mol. The zero-order valence-corrected chi connectivity index (χ0v) is 8.38. The number of hydrogen-bond acceptors (Lipinski definition) is 3. The van der Waals surface area contributed by atoms with Crippen LogP contribution in [0.2, 0.25) is 0 Å². The molecule has 0 aromatic rings. The number of hydrogen-bond donors (Lipinski definition) is 2. The molecule has 1 aliphatic rings. The fourth-order valence-electron chi connectivity index (χ4n) is 1.26. The predicted molar refractivity (Wildman–Crippen MR) is 54.2 cm³/mol. The standard InChI is InChI=1S/C10H16N2O2/c1-8(13)12-9-2-4-10(5-3-9)14-7-6-11/h2,4H,3,5-7,11H2,1H3,(H,12,13). The Morgan fingerprint density at radius 1 is 1.57 bits per heavy atom. The Bertz CT molecular complexity index is 269. The van der Waals surface area contributed by atoms with Gasteiger partial charge in [0.2, 0.25) is 5.91 Å². The summed E-state index contributed by atoms with van der Waals surface area (Å²) in [5.74, 6) is 0.903. The molecule has 0 bridgehead atoms. The van der Waals surface area contributed by atoms with Gasteiger partial charge in [-0.3, -0.25) is 4.79 Å². The van der Waals surface area contributed by atoms with Crippen LogP contribution in [-0.2, 0) is 9.53 Å². The molecule has 78 valence electrons. The molecule has 4 nitrogen and oxygen atoms in total. The number of ether oxygens (including phenoxy) is 1. The fourth-order valence-corrected chi connectivity index (χ4v) is 1.26. The van der Waals surface area contributed by atoms with Crippen LogP contribution in [0.25, 0.3) is 0 Å². The number of carbonyl (C=O) groups is 1. The van der Waals surface area contributed by atoms with Gasteiger partial charge in [-0.2, -0.15) is 0 Å². The van der Waals surface area contributed by atoms with Gasteiger partial charge in [-0.1, -0.05) is 0 Å². The highest BCUT2D eigenvalue weighted by atomic mass is 16.5. The van der Waals surface area contributed by atoms with E-state index in [1.807, 2.05) is 12.2 Å². The van der Waals surface area contributed by atoms with Crippen LogP contribution < -0.4 is 11.1 Å². The molecular weight excluding hydrogens is 180 g/mol. The van der Waals surface area contributed by atoms with Crippen LogP contribution in [0.1, 0.15) is 19.8 Å². The summed E-state index contributed by atoms with van der Waals surface area (Å²) in [4.78, 5) is 10.7. The lowest BCUT2D eigenvalue weighted by Gasteiger charge is -2.15. The van der Waals surface area contributed by atoms with Crippen molar-refractivity contribution < 1.29 is 9.53 Å². The number of rotatable bonds is 4. The third-order valence-corrected chi connectivity index (χ3v) is 1.85. The lowest BCUT2D eigenvalue weighted by molar-refractivity contribution is -0.118. The van der Waals surface area contributed by atoms with Crippen LogP contribution >= 0.6 is 0 Å². The summed E-state index contributed by atoms with van der Waals surface area (Å²) >= 11 is 0. The minimum atomic E-state index is -0.0315. The quantitative estimate of drug-likeness (QED) is 0.694.